The number of anilines is 1. The lowest BCUT2D eigenvalue weighted by Gasteiger charge is -2.34. The second-order valence-electron chi connectivity index (χ2n) is 10.3. The van der Waals surface area contributed by atoms with Crippen molar-refractivity contribution in [1.82, 2.24) is 14.9 Å². The molecule has 11 heteroatoms. The van der Waals surface area contributed by atoms with Crippen LogP contribution in [0.4, 0.5) is 19.0 Å². The van der Waals surface area contributed by atoms with Gasteiger partial charge in [0.25, 0.3) is 0 Å². The number of halogens is 3. The number of carbonyl (C=O) groups excluding carboxylic acids is 3. The highest BCUT2D eigenvalue weighted by molar-refractivity contribution is 5.97. The molecule has 2 aliphatic carbocycles. The third kappa shape index (κ3) is 5.97. The van der Waals surface area contributed by atoms with Gasteiger partial charge in [0.05, 0.1) is 12.5 Å². The summed E-state index contributed by atoms with van der Waals surface area (Å²) in [6.07, 6.45) is 3.82. The number of rotatable bonds is 6. The summed E-state index contributed by atoms with van der Waals surface area (Å²) in [4.78, 5) is 43.9. The van der Waals surface area contributed by atoms with Crippen molar-refractivity contribution >= 4 is 40.1 Å². The van der Waals surface area contributed by atoms with Crippen LogP contribution < -0.4 is 11.1 Å². The maximum atomic E-state index is 12.6. The van der Waals surface area contributed by atoms with Crippen molar-refractivity contribution in [2.45, 2.75) is 76.0 Å². The number of primary amides is 1. The van der Waals surface area contributed by atoms with Crippen molar-refractivity contribution in [2.24, 2.45) is 17.6 Å². The Morgan fingerprint density at radius 1 is 1.11 bits per heavy atom. The highest BCUT2D eigenvalue weighted by Crippen LogP contribution is 2.41. The maximum absolute atomic E-state index is 12.6. The fourth-order valence-electron chi connectivity index (χ4n) is 5.11. The van der Waals surface area contributed by atoms with E-state index in [2.05, 4.69) is 15.3 Å². The van der Waals surface area contributed by atoms with Gasteiger partial charge >= 0.3 is 6.18 Å². The minimum atomic E-state index is -4.33. The first-order valence-electron chi connectivity index (χ1n) is 12.8. The van der Waals surface area contributed by atoms with Crippen molar-refractivity contribution < 1.29 is 27.6 Å². The van der Waals surface area contributed by atoms with Crippen LogP contribution in [0.2, 0.25) is 0 Å². The van der Waals surface area contributed by atoms with E-state index in [0.717, 1.165) is 55.0 Å². The van der Waals surface area contributed by atoms with E-state index >= 15 is 0 Å². The Hall–Kier alpha value is -3.37. The molecule has 4 N–H and O–H groups in total. The van der Waals surface area contributed by atoms with Gasteiger partial charge in [0.15, 0.2) is 0 Å². The van der Waals surface area contributed by atoms with Crippen LogP contribution >= 0.6 is 0 Å². The lowest BCUT2D eigenvalue weighted by atomic mass is 9.93. The first kappa shape index (κ1) is 25.3. The highest BCUT2D eigenvalue weighted by atomic mass is 19.4. The van der Waals surface area contributed by atoms with Crippen LogP contribution in [0, 0.1) is 11.8 Å². The Balaban J connectivity index is 0.000000412. The molecule has 2 aromatic rings. The Morgan fingerprint density at radius 2 is 1.84 bits per heavy atom. The molecular weight excluding hydrogens is 487 g/mol. The molecule has 3 amide bonds. The molecule has 2 saturated carbocycles. The lowest BCUT2D eigenvalue weighted by Crippen LogP contribution is -2.43. The number of alkyl halides is 3. The molecule has 2 aromatic heterocycles. The van der Waals surface area contributed by atoms with Crippen LogP contribution in [0.1, 0.15) is 63.4 Å². The largest absolute Gasteiger partial charge is 0.389 e. The number of pyridine rings is 1. The molecule has 8 nitrogen and oxygen atoms in total. The van der Waals surface area contributed by atoms with Gasteiger partial charge in [0.1, 0.15) is 11.5 Å². The fraction of sp³-hybridized carbons (Fsp3) is 0.538. The molecule has 6 rings (SSSR count). The molecular formula is C26H30F3N5O3. The summed E-state index contributed by atoms with van der Waals surface area (Å²) in [5.74, 6) is 0.201. The summed E-state index contributed by atoms with van der Waals surface area (Å²) in [7, 11) is 0. The number of nitrogens with one attached hydrogen (secondary N) is 2. The van der Waals surface area contributed by atoms with Crippen molar-refractivity contribution in [3.8, 4) is 0 Å². The molecule has 3 fully saturated rings. The predicted molar refractivity (Wildman–Crippen MR) is 131 cm³/mol. The highest BCUT2D eigenvalue weighted by Gasteiger charge is 2.41. The lowest BCUT2D eigenvalue weighted by molar-refractivity contribution is -0.150. The fourth-order valence-corrected chi connectivity index (χ4v) is 5.11. The Kier molecular flexibility index (Phi) is 6.72. The van der Waals surface area contributed by atoms with Gasteiger partial charge in [0.2, 0.25) is 17.7 Å². The third-order valence-electron chi connectivity index (χ3n) is 7.36. The van der Waals surface area contributed by atoms with E-state index in [9.17, 15) is 27.6 Å². The van der Waals surface area contributed by atoms with Gasteiger partial charge in [-0.25, -0.2) is 4.98 Å². The first-order valence-corrected chi connectivity index (χ1v) is 12.8. The number of hydrogen-bond donors (Lipinski definition) is 3. The van der Waals surface area contributed by atoms with Crippen LogP contribution in [0.25, 0.3) is 16.6 Å². The molecule has 198 valence electrons. The second kappa shape index (κ2) is 9.83. The van der Waals surface area contributed by atoms with E-state index in [4.69, 9.17) is 5.73 Å². The predicted octanol–water partition coefficient (Wildman–Crippen LogP) is 4.28. The van der Waals surface area contributed by atoms with E-state index in [-0.39, 0.29) is 35.7 Å². The van der Waals surface area contributed by atoms with Gasteiger partial charge in [-0.3, -0.25) is 14.4 Å². The second-order valence-corrected chi connectivity index (χ2v) is 10.3. The monoisotopic (exact) mass is 517 g/mol. The molecule has 2 atom stereocenters. The maximum Gasteiger partial charge on any atom is 0.389 e. The average molecular weight is 518 g/mol. The molecule has 4 aliphatic rings. The zero-order chi connectivity index (χ0) is 26.3. The quantitative estimate of drug-likeness (QED) is 0.530. The summed E-state index contributed by atoms with van der Waals surface area (Å²) >= 11 is 0. The van der Waals surface area contributed by atoms with Gasteiger partial charge in [-0.15, -0.1) is 0 Å². The molecule has 2 aliphatic heterocycles. The summed E-state index contributed by atoms with van der Waals surface area (Å²) in [6, 6.07) is 3.50. The van der Waals surface area contributed by atoms with Crippen LogP contribution in [0.3, 0.4) is 0 Å². The number of hydrogen-bond acceptors (Lipinski definition) is 4. The molecule has 37 heavy (non-hydrogen) atoms. The van der Waals surface area contributed by atoms with Crippen LogP contribution in [0.15, 0.2) is 24.4 Å². The smallest absolute Gasteiger partial charge is 0.369 e. The van der Waals surface area contributed by atoms with Crippen LogP contribution in [0.5, 0.6) is 0 Å². The molecule has 2 unspecified atom stereocenters. The van der Waals surface area contributed by atoms with Gasteiger partial charge < -0.3 is 20.9 Å². The zero-order valence-electron chi connectivity index (χ0n) is 20.3. The van der Waals surface area contributed by atoms with E-state index in [1.807, 2.05) is 18.2 Å². The van der Waals surface area contributed by atoms with Crippen molar-refractivity contribution in [3.63, 3.8) is 0 Å². The normalized spacial score (nSPS) is 22.8. The van der Waals surface area contributed by atoms with E-state index in [0.29, 0.717) is 17.9 Å². The third-order valence-corrected chi connectivity index (χ3v) is 7.36. The molecule has 2 bridgehead atoms. The summed E-state index contributed by atoms with van der Waals surface area (Å²) in [6.45, 7) is 0. The van der Waals surface area contributed by atoms with E-state index in [1.54, 1.807) is 11.1 Å². The van der Waals surface area contributed by atoms with Crippen molar-refractivity contribution in [3.05, 3.63) is 30.0 Å². The standard InChI is InChI=1S/C22H23F3N4O2.C4H7NO/c23-22(24,25)7-5-19(30)29-14-3-4-15(29)10-13(9-14)17-11-18(28-21(31)12-1-2-12)27-20-16(17)6-8-26-20;5-4(6)3-1-2-3/h6,8-9,11-12,14-15H,1-5,7,10H2,(H2,26,27,28,31);3H,1-2H2,(H2,5,6). The Morgan fingerprint density at radius 3 is 2.43 bits per heavy atom. The summed E-state index contributed by atoms with van der Waals surface area (Å²) in [5, 5.41) is 3.82. The first-order chi connectivity index (χ1) is 17.6. The van der Waals surface area contributed by atoms with Crippen LogP contribution in [-0.4, -0.2) is 50.8 Å². The number of carbonyl (C=O) groups is 3. The number of fused-ring (bicyclic) bond motifs is 3. The molecule has 4 heterocycles. The molecule has 0 spiro atoms. The number of amides is 3. The minimum Gasteiger partial charge on any atom is -0.369 e. The van der Waals surface area contributed by atoms with E-state index < -0.39 is 24.9 Å². The van der Waals surface area contributed by atoms with Crippen molar-refractivity contribution in [1.29, 1.82) is 0 Å². The Labute approximate surface area is 211 Å². The van der Waals surface area contributed by atoms with E-state index in [1.165, 1.54) is 0 Å². The number of nitrogens with two attached hydrogens (primary N) is 1. The number of H-pyrrole nitrogens is 1. The molecule has 0 radical (unpaired) electrons. The minimum absolute atomic E-state index is 0.0246. The van der Waals surface area contributed by atoms with Gasteiger partial charge in [-0.05, 0) is 68.2 Å². The molecule has 0 aromatic carbocycles. The van der Waals surface area contributed by atoms with Crippen molar-refractivity contribution in [2.75, 3.05) is 5.32 Å². The number of aromatic amines is 1. The van der Waals surface area contributed by atoms with Gasteiger partial charge in [-0.1, -0.05) is 6.08 Å². The van der Waals surface area contributed by atoms with Gasteiger partial charge in [-0.2, -0.15) is 13.2 Å². The summed E-state index contributed by atoms with van der Waals surface area (Å²) < 4.78 is 37.7. The summed E-state index contributed by atoms with van der Waals surface area (Å²) in [5.41, 5.74) is 7.51. The number of nitrogens with zero attached hydrogens (tertiary/aromatic N) is 2. The number of aromatic nitrogens is 2. The average Bonchev–Trinajstić information content (AvgIpc) is 3.76. The van der Waals surface area contributed by atoms with Crippen LogP contribution in [-0.2, 0) is 14.4 Å². The molecule has 1 saturated heterocycles. The Bertz CT molecular complexity index is 1250. The van der Waals surface area contributed by atoms with Gasteiger partial charge in [0, 0.05) is 35.9 Å². The zero-order valence-corrected chi connectivity index (χ0v) is 20.3. The SMILES string of the molecule is NC(=O)C1CC1.O=C(Nc1cc(C2=CC3CCC(C2)N3C(=O)CCC(F)(F)F)c2cc[nH]c2n1)C1CC1. The topological polar surface area (TPSA) is 121 Å².